The highest BCUT2D eigenvalue weighted by molar-refractivity contribution is 7.16. The third-order valence-corrected chi connectivity index (χ3v) is 6.78. The smallest absolute Gasteiger partial charge is 0.283 e. The molecule has 2 aliphatic heterocycles. The van der Waals surface area contributed by atoms with E-state index < -0.39 is 0 Å². The first-order chi connectivity index (χ1) is 15.2. The number of anilines is 1. The number of carbonyl (C=O) groups excluding carboxylic acids is 1. The average Bonchev–Trinajstić information content (AvgIpc) is 3.43. The second-order valence-corrected chi connectivity index (χ2v) is 9.38. The van der Waals surface area contributed by atoms with Crippen molar-refractivity contribution >= 4 is 47.1 Å². The highest BCUT2D eigenvalue weighted by atomic mass is 35.5. The summed E-state index contributed by atoms with van der Waals surface area (Å²) in [6.07, 6.45) is 2.01. The van der Waals surface area contributed by atoms with Crippen LogP contribution in [0.4, 0.5) is 5.82 Å². The molecule has 10 heteroatoms. The van der Waals surface area contributed by atoms with Gasteiger partial charge in [-0.25, -0.2) is 0 Å². The third kappa shape index (κ3) is 4.73. The molecule has 32 heavy (non-hydrogen) atoms. The van der Waals surface area contributed by atoms with Crippen LogP contribution in [0.25, 0.3) is 0 Å². The summed E-state index contributed by atoms with van der Waals surface area (Å²) in [6.45, 7) is 3.37. The molecule has 0 saturated carbocycles. The van der Waals surface area contributed by atoms with Gasteiger partial charge in [0.2, 0.25) is 0 Å². The molecule has 0 bridgehead atoms. The summed E-state index contributed by atoms with van der Waals surface area (Å²) < 4.78 is 13.6. The van der Waals surface area contributed by atoms with Gasteiger partial charge in [-0.15, -0.1) is 23.7 Å². The molecule has 1 fully saturated rings. The molecule has 2 aliphatic rings. The average molecular weight is 495 g/mol. The molecular formula is C22H24Cl2N4O3S. The molecule has 0 atom stereocenters. The summed E-state index contributed by atoms with van der Waals surface area (Å²) in [5.74, 6) is 1.82. The Morgan fingerprint density at radius 3 is 2.81 bits per heavy atom. The van der Waals surface area contributed by atoms with Crippen molar-refractivity contribution < 1.29 is 14.3 Å². The molecule has 2 aromatic heterocycles. The van der Waals surface area contributed by atoms with Gasteiger partial charge in [0.05, 0.1) is 22.1 Å². The van der Waals surface area contributed by atoms with Crippen LogP contribution >= 0.6 is 35.3 Å². The summed E-state index contributed by atoms with van der Waals surface area (Å²) in [7, 11) is 0. The fourth-order valence-corrected chi connectivity index (χ4v) is 5.01. The van der Waals surface area contributed by atoms with Crippen LogP contribution in [0.15, 0.2) is 36.4 Å². The maximum Gasteiger partial charge on any atom is 0.283 e. The number of ether oxygens (including phenoxy) is 2. The fourth-order valence-electron chi connectivity index (χ4n) is 3.98. The highest BCUT2D eigenvalue weighted by Gasteiger charge is 2.26. The van der Waals surface area contributed by atoms with Crippen molar-refractivity contribution in [2.24, 2.45) is 0 Å². The van der Waals surface area contributed by atoms with Crippen molar-refractivity contribution in [2.45, 2.75) is 25.3 Å². The van der Waals surface area contributed by atoms with E-state index in [4.69, 9.17) is 26.2 Å². The molecule has 170 valence electrons. The number of rotatable bonds is 5. The largest absolute Gasteiger partial charge is 0.486 e. The molecule has 2 N–H and O–H groups in total. The fraction of sp³-hybridized carbons (Fsp3) is 0.364. The molecule has 0 amide bonds. The Morgan fingerprint density at radius 2 is 2.03 bits per heavy atom. The Hall–Kier alpha value is -2.26. The van der Waals surface area contributed by atoms with Crippen molar-refractivity contribution in [2.75, 3.05) is 31.6 Å². The van der Waals surface area contributed by atoms with E-state index in [-0.39, 0.29) is 18.3 Å². The Morgan fingerprint density at radius 1 is 1.22 bits per heavy atom. The van der Waals surface area contributed by atoms with Gasteiger partial charge in [0, 0.05) is 16.9 Å². The topological polar surface area (TPSA) is 77.4 Å². The zero-order chi connectivity index (χ0) is 21.2. The Bertz CT molecular complexity index is 1090. The summed E-state index contributed by atoms with van der Waals surface area (Å²) in [5.41, 5.74) is 1.38. The lowest BCUT2D eigenvalue weighted by Gasteiger charge is -2.21. The lowest BCUT2D eigenvalue weighted by Crippen LogP contribution is -2.27. The van der Waals surface area contributed by atoms with Gasteiger partial charge >= 0.3 is 0 Å². The number of carbonyl (C=O) groups is 1. The van der Waals surface area contributed by atoms with Gasteiger partial charge in [-0.1, -0.05) is 17.7 Å². The number of nitrogens with zero attached hydrogens (tertiary/aromatic N) is 2. The van der Waals surface area contributed by atoms with Gasteiger partial charge in [-0.05, 0) is 50.2 Å². The molecule has 4 heterocycles. The van der Waals surface area contributed by atoms with E-state index in [0.717, 1.165) is 40.8 Å². The van der Waals surface area contributed by atoms with Gasteiger partial charge in [0.1, 0.15) is 19.0 Å². The van der Waals surface area contributed by atoms with E-state index in [9.17, 15) is 4.79 Å². The van der Waals surface area contributed by atoms with E-state index in [0.29, 0.717) is 48.6 Å². The molecule has 0 spiro atoms. The minimum Gasteiger partial charge on any atom is -0.486 e. The number of aromatic nitrogens is 2. The van der Waals surface area contributed by atoms with Crippen LogP contribution in [0.3, 0.4) is 0 Å². The number of para-hydroxylation sites is 1. The quantitative estimate of drug-likeness (QED) is 0.541. The predicted molar refractivity (Wildman–Crippen MR) is 128 cm³/mol. The van der Waals surface area contributed by atoms with E-state index in [1.54, 1.807) is 12.1 Å². The van der Waals surface area contributed by atoms with Crippen LogP contribution in [-0.4, -0.2) is 42.0 Å². The van der Waals surface area contributed by atoms with E-state index in [1.807, 2.05) is 24.3 Å². The number of thiophene rings is 1. The standard InChI is InChI=1S/C22H23ClN4O3S.ClH/c23-19-5-4-15(31-19)13-25-20-12-17(14-6-8-24-9-7-14)26-27(20)22(28)16-2-1-3-18-21(16)30-11-10-29-18;/h1-5,12,14,24-25H,6-11,13H2;1H. The molecule has 1 saturated heterocycles. The first-order valence-electron chi connectivity index (χ1n) is 10.4. The molecule has 3 aromatic rings. The Kier molecular flexibility index (Phi) is 7.25. The second-order valence-electron chi connectivity index (χ2n) is 7.58. The highest BCUT2D eigenvalue weighted by Crippen LogP contribution is 2.35. The lowest BCUT2D eigenvalue weighted by molar-refractivity contribution is 0.0935. The number of benzene rings is 1. The van der Waals surface area contributed by atoms with Crippen molar-refractivity contribution in [1.29, 1.82) is 0 Å². The zero-order valence-corrected chi connectivity index (χ0v) is 19.7. The number of nitrogens with one attached hydrogen (secondary N) is 2. The summed E-state index contributed by atoms with van der Waals surface area (Å²) in [5, 5.41) is 11.5. The monoisotopic (exact) mass is 494 g/mol. The zero-order valence-electron chi connectivity index (χ0n) is 17.3. The van der Waals surface area contributed by atoms with Gasteiger partial charge in [0.15, 0.2) is 11.5 Å². The van der Waals surface area contributed by atoms with Crippen molar-refractivity contribution in [3.05, 3.63) is 56.9 Å². The Balaban J connectivity index is 0.00000245. The minimum absolute atomic E-state index is 0. The summed E-state index contributed by atoms with van der Waals surface area (Å²) >= 11 is 7.58. The first-order valence-corrected chi connectivity index (χ1v) is 11.6. The van der Waals surface area contributed by atoms with Crippen molar-refractivity contribution in [3.8, 4) is 11.5 Å². The number of fused-ring (bicyclic) bond motifs is 1. The first kappa shape index (κ1) is 22.9. The third-order valence-electron chi connectivity index (χ3n) is 5.55. The second kappa shape index (κ2) is 10.1. The number of piperidine rings is 1. The maximum absolute atomic E-state index is 13.5. The van der Waals surface area contributed by atoms with Crippen LogP contribution < -0.4 is 20.1 Å². The van der Waals surface area contributed by atoms with Crippen LogP contribution in [0, 0.1) is 0 Å². The van der Waals surface area contributed by atoms with Gasteiger partial charge < -0.3 is 20.1 Å². The normalized spacial score (nSPS) is 15.8. The van der Waals surface area contributed by atoms with Crippen molar-refractivity contribution in [1.82, 2.24) is 15.1 Å². The molecule has 7 nitrogen and oxygen atoms in total. The molecule has 1 aromatic carbocycles. The maximum atomic E-state index is 13.5. The van der Waals surface area contributed by atoms with Crippen LogP contribution in [0.2, 0.25) is 4.34 Å². The number of hydrogen-bond donors (Lipinski definition) is 2. The molecule has 0 aliphatic carbocycles. The minimum atomic E-state index is -0.241. The molecular weight excluding hydrogens is 471 g/mol. The summed E-state index contributed by atoms with van der Waals surface area (Å²) in [4.78, 5) is 14.6. The SMILES string of the molecule is Cl.O=C(c1cccc2c1OCCO2)n1nc(C2CCNCC2)cc1NCc1ccc(Cl)s1. The predicted octanol–water partition coefficient (Wildman–Crippen LogP) is 4.56. The summed E-state index contributed by atoms with van der Waals surface area (Å²) in [6, 6.07) is 11.2. The number of hydrogen-bond acceptors (Lipinski definition) is 7. The van der Waals surface area contributed by atoms with E-state index >= 15 is 0 Å². The molecule has 5 rings (SSSR count). The van der Waals surface area contributed by atoms with Gasteiger partial charge in [-0.3, -0.25) is 4.79 Å². The molecule has 0 unspecified atom stereocenters. The Labute approximate surface area is 201 Å². The van der Waals surface area contributed by atoms with Crippen LogP contribution in [0.1, 0.15) is 39.7 Å². The van der Waals surface area contributed by atoms with E-state index in [1.165, 1.54) is 16.0 Å². The van der Waals surface area contributed by atoms with Crippen molar-refractivity contribution in [3.63, 3.8) is 0 Å². The van der Waals surface area contributed by atoms with E-state index in [2.05, 4.69) is 10.6 Å². The van der Waals surface area contributed by atoms with Gasteiger partial charge in [0.25, 0.3) is 5.91 Å². The molecule has 0 radical (unpaired) electrons. The van der Waals surface area contributed by atoms with Crippen LogP contribution in [-0.2, 0) is 6.54 Å². The van der Waals surface area contributed by atoms with Crippen LogP contribution in [0.5, 0.6) is 11.5 Å². The van der Waals surface area contributed by atoms with Gasteiger partial charge in [-0.2, -0.15) is 9.78 Å². The lowest BCUT2D eigenvalue weighted by atomic mass is 9.95. The number of halogens is 2.